The third-order valence-electron chi connectivity index (χ3n) is 3.57. The van der Waals surface area contributed by atoms with Gasteiger partial charge in [0.1, 0.15) is 5.82 Å². The maximum Gasteiger partial charge on any atom is 0.335 e. The lowest BCUT2D eigenvalue weighted by Gasteiger charge is -2.09. The van der Waals surface area contributed by atoms with Gasteiger partial charge in [0.25, 0.3) is 0 Å². The molecule has 1 heterocycles. The molecule has 3 rings (SSSR count). The number of aromatic nitrogens is 3. The van der Waals surface area contributed by atoms with Crippen LogP contribution < -0.4 is 0 Å². The Balaban J connectivity index is 2.11. The van der Waals surface area contributed by atoms with E-state index in [-0.39, 0.29) is 11.1 Å². The monoisotopic (exact) mass is 323 g/mol. The van der Waals surface area contributed by atoms with E-state index in [1.807, 2.05) is 0 Å². The van der Waals surface area contributed by atoms with Crippen LogP contribution in [0.5, 0.6) is 0 Å². The second-order valence-electron chi connectivity index (χ2n) is 5.14. The number of carboxylic acid groups (broad SMARTS) is 2. The van der Waals surface area contributed by atoms with Crippen molar-refractivity contribution in [3.63, 3.8) is 0 Å². The molecule has 2 N–H and O–H groups in total. The molecule has 7 nitrogen and oxygen atoms in total. The number of aromatic carboxylic acids is 2. The van der Waals surface area contributed by atoms with E-state index in [1.165, 1.54) is 24.3 Å². The Kier molecular flexibility index (Phi) is 3.83. The molecule has 2 aromatic carbocycles. The minimum atomic E-state index is -1.02. The number of aryl methyl sites for hydroxylation is 1. The molecule has 0 aliphatic rings. The maximum absolute atomic E-state index is 11.1. The zero-order chi connectivity index (χ0) is 17.3. The highest BCUT2D eigenvalue weighted by Crippen LogP contribution is 2.24. The Bertz CT molecular complexity index is 929. The normalized spacial score (nSPS) is 10.5. The van der Waals surface area contributed by atoms with Crippen molar-refractivity contribution >= 4 is 11.9 Å². The zero-order valence-electron chi connectivity index (χ0n) is 12.7. The van der Waals surface area contributed by atoms with E-state index < -0.39 is 11.9 Å². The topological polar surface area (TPSA) is 105 Å². The average molecular weight is 323 g/mol. The number of rotatable bonds is 4. The Labute approximate surface area is 136 Å². The number of nitrogens with zero attached hydrogens (tertiary/aromatic N) is 3. The summed E-state index contributed by atoms with van der Waals surface area (Å²) in [6.45, 7) is 1.77. The lowest BCUT2D eigenvalue weighted by Crippen LogP contribution is -2.03. The van der Waals surface area contributed by atoms with Crippen molar-refractivity contribution in [3.05, 3.63) is 65.5 Å². The first kappa shape index (κ1) is 15.4. The summed E-state index contributed by atoms with van der Waals surface area (Å²) in [4.78, 5) is 22.1. The fraction of sp³-hybridized carbons (Fsp3) is 0.0588. The van der Waals surface area contributed by atoms with Crippen LogP contribution in [-0.4, -0.2) is 36.9 Å². The van der Waals surface area contributed by atoms with Gasteiger partial charge in [0.2, 0.25) is 0 Å². The van der Waals surface area contributed by atoms with Gasteiger partial charge in [0, 0.05) is 11.3 Å². The van der Waals surface area contributed by atoms with E-state index in [0.717, 1.165) is 0 Å². The summed E-state index contributed by atoms with van der Waals surface area (Å²) < 4.78 is 1.74. The number of hydrogen-bond acceptors (Lipinski definition) is 4. The molecule has 0 radical (unpaired) electrons. The Hall–Kier alpha value is -3.48. The van der Waals surface area contributed by atoms with Crippen molar-refractivity contribution in [3.8, 4) is 17.1 Å². The van der Waals surface area contributed by atoms with Gasteiger partial charge < -0.3 is 10.2 Å². The number of benzene rings is 2. The van der Waals surface area contributed by atoms with Crippen LogP contribution in [-0.2, 0) is 0 Å². The molecule has 0 amide bonds. The molecule has 0 atom stereocenters. The van der Waals surface area contributed by atoms with Crippen molar-refractivity contribution < 1.29 is 19.8 Å². The quantitative estimate of drug-likeness (QED) is 0.764. The van der Waals surface area contributed by atoms with Crippen LogP contribution in [0, 0.1) is 6.92 Å². The molecule has 0 aliphatic heterocycles. The molecule has 0 saturated heterocycles. The van der Waals surface area contributed by atoms with Gasteiger partial charge in [-0.25, -0.2) is 9.59 Å². The largest absolute Gasteiger partial charge is 0.478 e. The second kappa shape index (κ2) is 5.96. The third kappa shape index (κ3) is 2.74. The highest BCUT2D eigenvalue weighted by molar-refractivity contribution is 5.89. The Morgan fingerprint density at radius 3 is 2.21 bits per heavy atom. The summed E-state index contributed by atoms with van der Waals surface area (Å²) in [6, 6.07) is 12.7. The highest BCUT2D eigenvalue weighted by atomic mass is 16.4. The standard InChI is InChI=1S/C17H13N3O4/c1-10-18-19-15(12-3-2-4-13(9-12)17(23)24)20(10)14-7-5-11(6-8-14)16(21)22/h2-9H,1H3,(H,21,22)(H,23,24). The van der Waals surface area contributed by atoms with Gasteiger partial charge in [0.05, 0.1) is 11.1 Å². The van der Waals surface area contributed by atoms with E-state index in [1.54, 1.807) is 35.8 Å². The molecule has 120 valence electrons. The van der Waals surface area contributed by atoms with Gasteiger partial charge in [-0.2, -0.15) is 0 Å². The number of carbonyl (C=O) groups is 2. The summed E-state index contributed by atoms with van der Waals surface area (Å²) in [5.74, 6) is -0.936. The summed E-state index contributed by atoms with van der Waals surface area (Å²) in [7, 11) is 0. The molecule has 3 aromatic rings. The lowest BCUT2D eigenvalue weighted by molar-refractivity contribution is 0.0686. The zero-order valence-corrected chi connectivity index (χ0v) is 12.7. The molecular formula is C17H13N3O4. The molecule has 0 saturated carbocycles. The smallest absolute Gasteiger partial charge is 0.335 e. The average Bonchev–Trinajstić information content (AvgIpc) is 2.96. The number of hydrogen-bond donors (Lipinski definition) is 2. The van der Waals surface area contributed by atoms with Crippen molar-refractivity contribution in [1.82, 2.24) is 14.8 Å². The van der Waals surface area contributed by atoms with E-state index >= 15 is 0 Å². The van der Waals surface area contributed by atoms with Crippen LogP contribution in [0.2, 0.25) is 0 Å². The van der Waals surface area contributed by atoms with Gasteiger partial charge in [-0.3, -0.25) is 4.57 Å². The first-order chi connectivity index (χ1) is 11.5. The van der Waals surface area contributed by atoms with Gasteiger partial charge in [0.15, 0.2) is 5.82 Å². The molecule has 0 bridgehead atoms. The van der Waals surface area contributed by atoms with Gasteiger partial charge >= 0.3 is 11.9 Å². The highest BCUT2D eigenvalue weighted by Gasteiger charge is 2.15. The fourth-order valence-corrected chi connectivity index (χ4v) is 2.40. The molecule has 0 aliphatic carbocycles. The molecule has 0 fully saturated rings. The van der Waals surface area contributed by atoms with Crippen LogP contribution in [0.15, 0.2) is 48.5 Å². The van der Waals surface area contributed by atoms with Gasteiger partial charge in [-0.1, -0.05) is 12.1 Å². The van der Waals surface area contributed by atoms with Crippen molar-refractivity contribution in [2.75, 3.05) is 0 Å². The summed E-state index contributed by atoms with van der Waals surface area (Å²) >= 11 is 0. The van der Waals surface area contributed by atoms with Gasteiger partial charge in [-0.05, 0) is 43.3 Å². The van der Waals surface area contributed by atoms with Crippen LogP contribution >= 0.6 is 0 Å². The second-order valence-corrected chi connectivity index (χ2v) is 5.14. The predicted molar refractivity (Wildman–Crippen MR) is 85.5 cm³/mol. The van der Waals surface area contributed by atoms with Gasteiger partial charge in [-0.15, -0.1) is 10.2 Å². The minimum Gasteiger partial charge on any atom is -0.478 e. The Morgan fingerprint density at radius 2 is 1.58 bits per heavy atom. The lowest BCUT2D eigenvalue weighted by atomic mass is 10.1. The van der Waals surface area contributed by atoms with E-state index in [4.69, 9.17) is 10.2 Å². The van der Waals surface area contributed by atoms with E-state index in [2.05, 4.69) is 10.2 Å². The first-order valence-electron chi connectivity index (χ1n) is 7.07. The maximum atomic E-state index is 11.1. The molecule has 24 heavy (non-hydrogen) atoms. The minimum absolute atomic E-state index is 0.154. The van der Waals surface area contributed by atoms with Crippen LogP contribution in [0.1, 0.15) is 26.5 Å². The third-order valence-corrected chi connectivity index (χ3v) is 3.57. The van der Waals surface area contributed by atoms with E-state index in [0.29, 0.717) is 22.9 Å². The molecule has 7 heteroatoms. The molecule has 0 spiro atoms. The predicted octanol–water partition coefficient (Wildman–Crippen LogP) is 2.64. The van der Waals surface area contributed by atoms with Crippen LogP contribution in [0.25, 0.3) is 17.1 Å². The number of carboxylic acids is 2. The van der Waals surface area contributed by atoms with Crippen molar-refractivity contribution in [2.24, 2.45) is 0 Å². The SMILES string of the molecule is Cc1nnc(-c2cccc(C(=O)O)c2)n1-c1ccc(C(=O)O)cc1. The summed E-state index contributed by atoms with van der Waals surface area (Å²) in [5.41, 5.74) is 1.64. The molecular weight excluding hydrogens is 310 g/mol. The van der Waals surface area contributed by atoms with Crippen molar-refractivity contribution in [1.29, 1.82) is 0 Å². The van der Waals surface area contributed by atoms with Crippen molar-refractivity contribution in [2.45, 2.75) is 6.92 Å². The Morgan fingerprint density at radius 1 is 0.917 bits per heavy atom. The summed E-state index contributed by atoms with van der Waals surface area (Å²) in [6.07, 6.45) is 0. The molecule has 0 unspecified atom stereocenters. The van der Waals surface area contributed by atoms with Crippen LogP contribution in [0.3, 0.4) is 0 Å². The first-order valence-corrected chi connectivity index (χ1v) is 7.07. The fourth-order valence-electron chi connectivity index (χ4n) is 2.40. The van der Waals surface area contributed by atoms with Crippen LogP contribution in [0.4, 0.5) is 0 Å². The summed E-state index contributed by atoms with van der Waals surface area (Å²) in [5, 5.41) is 26.3. The molecule has 1 aromatic heterocycles. The van der Waals surface area contributed by atoms with E-state index in [9.17, 15) is 9.59 Å².